The number of benzene rings is 1. The third-order valence-electron chi connectivity index (χ3n) is 3.29. The van der Waals surface area contributed by atoms with Crippen LogP contribution in [0.4, 0.5) is 5.69 Å². The molecule has 1 fully saturated rings. The molecule has 2 amide bonds. The van der Waals surface area contributed by atoms with Crippen LogP contribution < -0.4 is 10.2 Å². The average molecular weight is 283 g/mol. The molecule has 0 unspecified atom stereocenters. The molecule has 1 aromatic carbocycles. The lowest BCUT2D eigenvalue weighted by Gasteiger charge is -2.42. The van der Waals surface area contributed by atoms with Gasteiger partial charge in [0.15, 0.2) is 0 Å². The molecule has 0 radical (unpaired) electrons. The summed E-state index contributed by atoms with van der Waals surface area (Å²) in [6.07, 6.45) is 0. The first-order chi connectivity index (χ1) is 8.86. The second kappa shape index (κ2) is 4.83. The normalized spacial score (nSPS) is 18.4. The molecule has 0 aliphatic carbocycles. The lowest BCUT2D eigenvalue weighted by molar-refractivity contribution is -0.135. The van der Waals surface area contributed by atoms with Crippen LogP contribution in [0, 0.1) is 0 Å². The molecule has 1 aromatic rings. The Labute approximate surface area is 116 Å². The molecular formula is C13H15ClN2O3. The van der Waals surface area contributed by atoms with Crippen LogP contribution in [0.15, 0.2) is 18.2 Å². The van der Waals surface area contributed by atoms with Crippen LogP contribution in [0.2, 0.25) is 5.02 Å². The molecule has 0 atom stereocenters. The van der Waals surface area contributed by atoms with Crippen molar-refractivity contribution in [3.05, 3.63) is 28.8 Å². The van der Waals surface area contributed by atoms with Gasteiger partial charge in [0, 0.05) is 16.3 Å². The third-order valence-corrected chi connectivity index (χ3v) is 3.52. The Kier molecular flexibility index (Phi) is 3.52. The van der Waals surface area contributed by atoms with Crippen molar-refractivity contribution in [1.82, 2.24) is 5.32 Å². The van der Waals surface area contributed by atoms with Gasteiger partial charge in [0.05, 0.1) is 13.2 Å². The Morgan fingerprint density at radius 2 is 2.11 bits per heavy atom. The van der Waals surface area contributed by atoms with Gasteiger partial charge in [-0.05, 0) is 32.0 Å². The van der Waals surface area contributed by atoms with E-state index >= 15 is 0 Å². The highest BCUT2D eigenvalue weighted by Gasteiger charge is 2.41. The maximum atomic E-state index is 11.9. The zero-order chi connectivity index (χ0) is 14.2. The predicted octanol–water partition coefficient (Wildman–Crippen LogP) is 1.07. The predicted molar refractivity (Wildman–Crippen MR) is 71.9 cm³/mol. The second-order valence-corrected chi connectivity index (χ2v) is 5.39. The number of rotatable bonds is 2. The molecule has 1 aliphatic heterocycles. The van der Waals surface area contributed by atoms with Gasteiger partial charge >= 0.3 is 0 Å². The highest BCUT2D eigenvalue weighted by Crippen LogP contribution is 2.31. The summed E-state index contributed by atoms with van der Waals surface area (Å²) in [4.78, 5) is 25.1. The molecule has 5 nitrogen and oxygen atoms in total. The fourth-order valence-corrected chi connectivity index (χ4v) is 2.31. The summed E-state index contributed by atoms with van der Waals surface area (Å²) in [5.41, 5.74) is 0.356. The van der Waals surface area contributed by atoms with Crippen molar-refractivity contribution in [2.75, 3.05) is 11.4 Å². The standard InChI is InChI=1S/C13H15ClN2O3/c1-13(2)12(19)15-11(18)6-16(13)10-4-3-9(14)5-8(10)7-17/h3-5,17H,6-7H2,1-2H3,(H,15,18,19). The van der Waals surface area contributed by atoms with E-state index in [2.05, 4.69) is 5.32 Å². The zero-order valence-electron chi connectivity index (χ0n) is 10.7. The number of aliphatic hydroxyl groups excluding tert-OH is 1. The number of hydrogen-bond acceptors (Lipinski definition) is 4. The summed E-state index contributed by atoms with van der Waals surface area (Å²) in [5.74, 6) is -0.717. The summed E-state index contributed by atoms with van der Waals surface area (Å²) in [7, 11) is 0. The Hall–Kier alpha value is -1.59. The molecule has 1 saturated heterocycles. The van der Waals surface area contributed by atoms with E-state index in [0.29, 0.717) is 16.3 Å². The molecular weight excluding hydrogens is 268 g/mol. The van der Waals surface area contributed by atoms with Crippen molar-refractivity contribution in [2.24, 2.45) is 0 Å². The molecule has 2 N–H and O–H groups in total. The largest absolute Gasteiger partial charge is 0.392 e. The summed E-state index contributed by atoms with van der Waals surface area (Å²) in [5, 5.41) is 12.2. The lowest BCUT2D eigenvalue weighted by Crippen LogP contribution is -2.64. The molecule has 0 spiro atoms. The fraction of sp³-hybridized carbons (Fsp3) is 0.385. The molecule has 0 aromatic heterocycles. The van der Waals surface area contributed by atoms with Gasteiger partial charge < -0.3 is 10.0 Å². The van der Waals surface area contributed by atoms with Crippen LogP contribution in [0.25, 0.3) is 0 Å². The zero-order valence-corrected chi connectivity index (χ0v) is 11.5. The van der Waals surface area contributed by atoms with E-state index in [1.54, 1.807) is 36.9 Å². The van der Waals surface area contributed by atoms with Gasteiger partial charge in [-0.3, -0.25) is 14.9 Å². The van der Waals surface area contributed by atoms with Crippen LogP contribution >= 0.6 is 11.6 Å². The first kappa shape index (κ1) is 13.8. The number of aliphatic hydroxyl groups is 1. The number of hydrogen-bond donors (Lipinski definition) is 2. The average Bonchev–Trinajstić information content (AvgIpc) is 2.34. The third kappa shape index (κ3) is 2.43. The minimum Gasteiger partial charge on any atom is -0.392 e. The van der Waals surface area contributed by atoms with Crippen LogP contribution in [-0.2, 0) is 16.2 Å². The summed E-state index contributed by atoms with van der Waals surface area (Å²) in [6, 6.07) is 5.01. The topological polar surface area (TPSA) is 69.6 Å². The van der Waals surface area contributed by atoms with Gasteiger partial charge in [0.1, 0.15) is 5.54 Å². The van der Waals surface area contributed by atoms with Crippen molar-refractivity contribution in [3.63, 3.8) is 0 Å². The molecule has 102 valence electrons. The first-order valence-corrected chi connectivity index (χ1v) is 6.25. The molecule has 0 saturated carbocycles. The number of anilines is 1. The number of nitrogens with zero attached hydrogens (tertiary/aromatic N) is 1. The van der Waals surface area contributed by atoms with Gasteiger partial charge in [0.2, 0.25) is 5.91 Å². The number of halogens is 1. The van der Waals surface area contributed by atoms with Crippen molar-refractivity contribution in [2.45, 2.75) is 26.0 Å². The number of imide groups is 1. The van der Waals surface area contributed by atoms with Crippen LogP contribution in [-0.4, -0.2) is 29.0 Å². The summed E-state index contributed by atoms with van der Waals surface area (Å²) in [6.45, 7) is 3.31. The van der Waals surface area contributed by atoms with E-state index in [-0.39, 0.29) is 25.0 Å². The maximum Gasteiger partial charge on any atom is 0.251 e. The first-order valence-electron chi connectivity index (χ1n) is 5.87. The van der Waals surface area contributed by atoms with Crippen LogP contribution in [0.5, 0.6) is 0 Å². The quantitative estimate of drug-likeness (QED) is 0.796. The molecule has 1 heterocycles. The maximum absolute atomic E-state index is 11.9. The summed E-state index contributed by atoms with van der Waals surface area (Å²) >= 11 is 5.89. The van der Waals surface area contributed by atoms with E-state index in [4.69, 9.17) is 11.6 Å². The van der Waals surface area contributed by atoms with E-state index in [9.17, 15) is 14.7 Å². The number of amides is 2. The molecule has 2 rings (SSSR count). The van der Waals surface area contributed by atoms with E-state index in [1.807, 2.05) is 0 Å². The van der Waals surface area contributed by atoms with E-state index in [1.165, 1.54) is 0 Å². The Morgan fingerprint density at radius 3 is 2.74 bits per heavy atom. The van der Waals surface area contributed by atoms with Crippen LogP contribution in [0.3, 0.4) is 0 Å². The monoisotopic (exact) mass is 282 g/mol. The van der Waals surface area contributed by atoms with Gasteiger partial charge in [-0.1, -0.05) is 11.6 Å². The second-order valence-electron chi connectivity index (χ2n) is 4.95. The van der Waals surface area contributed by atoms with Crippen molar-refractivity contribution in [1.29, 1.82) is 0 Å². The molecule has 1 aliphatic rings. The van der Waals surface area contributed by atoms with Crippen molar-refractivity contribution in [3.8, 4) is 0 Å². The van der Waals surface area contributed by atoms with Gasteiger partial charge in [-0.15, -0.1) is 0 Å². The van der Waals surface area contributed by atoms with Crippen molar-refractivity contribution < 1.29 is 14.7 Å². The molecule has 6 heteroatoms. The van der Waals surface area contributed by atoms with Gasteiger partial charge in [0.25, 0.3) is 5.91 Å². The van der Waals surface area contributed by atoms with Gasteiger partial charge in [-0.25, -0.2) is 0 Å². The Bertz CT molecular complexity index is 543. The minimum absolute atomic E-state index is 0.0629. The lowest BCUT2D eigenvalue weighted by atomic mass is 9.96. The smallest absolute Gasteiger partial charge is 0.251 e. The number of carbonyl (C=O) groups is 2. The number of piperazine rings is 1. The molecule has 19 heavy (non-hydrogen) atoms. The highest BCUT2D eigenvalue weighted by atomic mass is 35.5. The molecule has 0 bridgehead atoms. The van der Waals surface area contributed by atoms with E-state index < -0.39 is 5.54 Å². The Morgan fingerprint density at radius 1 is 1.42 bits per heavy atom. The van der Waals surface area contributed by atoms with Crippen molar-refractivity contribution >= 4 is 29.1 Å². The fourth-order valence-electron chi connectivity index (χ4n) is 2.11. The number of carbonyl (C=O) groups excluding carboxylic acids is 2. The van der Waals surface area contributed by atoms with E-state index in [0.717, 1.165) is 0 Å². The Balaban J connectivity index is 2.49. The highest BCUT2D eigenvalue weighted by molar-refractivity contribution is 6.30. The minimum atomic E-state index is -0.869. The van der Waals surface area contributed by atoms with Gasteiger partial charge in [-0.2, -0.15) is 0 Å². The SMILES string of the molecule is CC1(C)C(=O)NC(=O)CN1c1ccc(Cl)cc1CO. The summed E-state index contributed by atoms with van der Waals surface area (Å²) < 4.78 is 0. The number of nitrogens with one attached hydrogen (secondary N) is 1. The van der Waals surface area contributed by atoms with Crippen LogP contribution in [0.1, 0.15) is 19.4 Å².